The number of hydrogen-bond donors (Lipinski definition) is 3. The summed E-state index contributed by atoms with van der Waals surface area (Å²) in [5, 5.41) is 28.5. The summed E-state index contributed by atoms with van der Waals surface area (Å²) < 4.78 is 6.48. The van der Waals surface area contributed by atoms with E-state index in [1.807, 2.05) is 29.2 Å². The van der Waals surface area contributed by atoms with E-state index in [0.717, 1.165) is 10.2 Å². The zero-order valence-corrected chi connectivity index (χ0v) is 20.7. The molecule has 3 N–H and O–H groups in total. The van der Waals surface area contributed by atoms with E-state index in [1.54, 1.807) is 0 Å². The van der Waals surface area contributed by atoms with Gasteiger partial charge in [-0.05, 0) is 34.1 Å². The lowest BCUT2D eigenvalue weighted by Crippen LogP contribution is -2.37. The molecule has 12 nitrogen and oxygen atoms in total. The maximum Gasteiger partial charge on any atom is 0.271 e. The molecule has 1 saturated heterocycles. The SMILES string of the molecule is O=[N+]([O-])c1cc(Br)c(O)c(/C=N/Nc2nc(Nc3cccc(Br)c3)nc(N3CCOCC3)n2)c1. The van der Waals surface area contributed by atoms with Crippen LogP contribution >= 0.6 is 31.9 Å². The number of nitro groups is 1. The van der Waals surface area contributed by atoms with Crippen LogP contribution in [0.1, 0.15) is 5.56 Å². The van der Waals surface area contributed by atoms with Crippen LogP contribution in [0.2, 0.25) is 0 Å². The maximum absolute atomic E-state index is 11.1. The van der Waals surface area contributed by atoms with E-state index in [1.165, 1.54) is 18.3 Å². The number of nitrogens with zero attached hydrogens (tertiary/aromatic N) is 6. The molecular weight excluding hydrogens is 576 g/mol. The largest absolute Gasteiger partial charge is 0.506 e. The molecule has 0 amide bonds. The molecule has 2 heterocycles. The van der Waals surface area contributed by atoms with Gasteiger partial charge in [0, 0.05) is 40.9 Å². The van der Waals surface area contributed by atoms with Gasteiger partial charge in [0.05, 0.1) is 28.8 Å². The van der Waals surface area contributed by atoms with Gasteiger partial charge in [-0.15, -0.1) is 0 Å². The predicted molar refractivity (Wildman–Crippen MR) is 134 cm³/mol. The van der Waals surface area contributed by atoms with Crippen LogP contribution in [0, 0.1) is 10.1 Å². The summed E-state index contributed by atoms with van der Waals surface area (Å²) in [7, 11) is 0. The highest BCUT2D eigenvalue weighted by Gasteiger charge is 2.17. The second-order valence-corrected chi connectivity index (χ2v) is 8.78. The lowest BCUT2D eigenvalue weighted by atomic mass is 10.2. The summed E-state index contributed by atoms with van der Waals surface area (Å²) in [6, 6.07) is 9.95. The van der Waals surface area contributed by atoms with E-state index in [9.17, 15) is 15.2 Å². The average molecular weight is 594 g/mol. The van der Waals surface area contributed by atoms with Gasteiger partial charge >= 0.3 is 0 Å². The molecule has 14 heteroatoms. The van der Waals surface area contributed by atoms with Crippen LogP contribution in [0.4, 0.5) is 29.2 Å². The summed E-state index contributed by atoms with van der Waals surface area (Å²) in [4.78, 5) is 25.8. The van der Waals surface area contributed by atoms with Crippen molar-refractivity contribution in [3.8, 4) is 5.75 Å². The summed E-state index contributed by atoms with van der Waals surface area (Å²) in [5.74, 6) is 0.703. The molecule has 0 radical (unpaired) electrons. The van der Waals surface area contributed by atoms with Gasteiger partial charge in [0.25, 0.3) is 5.69 Å². The highest BCUT2D eigenvalue weighted by atomic mass is 79.9. The molecule has 1 aromatic heterocycles. The highest BCUT2D eigenvalue weighted by Crippen LogP contribution is 2.31. The lowest BCUT2D eigenvalue weighted by Gasteiger charge is -2.27. The van der Waals surface area contributed by atoms with Gasteiger partial charge in [-0.2, -0.15) is 20.1 Å². The first-order chi connectivity index (χ1) is 16.4. The minimum Gasteiger partial charge on any atom is -0.506 e. The Morgan fingerprint density at radius 1 is 1.15 bits per heavy atom. The smallest absolute Gasteiger partial charge is 0.271 e. The third kappa shape index (κ3) is 5.95. The minimum atomic E-state index is -0.560. The van der Waals surface area contributed by atoms with Gasteiger partial charge in [-0.25, -0.2) is 5.43 Å². The Balaban J connectivity index is 1.61. The summed E-state index contributed by atoms with van der Waals surface area (Å²) in [6.07, 6.45) is 1.24. The van der Waals surface area contributed by atoms with Crippen LogP contribution in [0.5, 0.6) is 5.75 Å². The van der Waals surface area contributed by atoms with Crippen molar-refractivity contribution in [2.24, 2.45) is 5.10 Å². The summed E-state index contributed by atoms with van der Waals surface area (Å²) >= 11 is 6.54. The fraction of sp³-hybridized carbons (Fsp3) is 0.200. The Morgan fingerprint density at radius 3 is 2.65 bits per heavy atom. The molecule has 0 unspecified atom stereocenters. The van der Waals surface area contributed by atoms with E-state index in [0.29, 0.717) is 38.2 Å². The number of nitro benzene ring substituents is 1. The fourth-order valence-corrected chi connectivity index (χ4v) is 3.90. The Kier molecular flexibility index (Phi) is 7.49. The molecule has 0 bridgehead atoms. The van der Waals surface area contributed by atoms with Gasteiger partial charge in [0.1, 0.15) is 5.75 Å². The standard InChI is InChI=1S/C20H18Br2N8O4/c21-13-2-1-3-14(9-13)24-18-25-19(27-20(26-18)29-4-6-34-7-5-29)28-23-11-12-8-15(30(32)33)10-16(22)17(12)31/h1-3,8-11,31H,4-7H2,(H2,24,25,26,27,28)/b23-11+. The second kappa shape index (κ2) is 10.7. The van der Waals surface area contributed by atoms with Crippen molar-refractivity contribution in [1.82, 2.24) is 15.0 Å². The number of benzene rings is 2. The number of anilines is 4. The van der Waals surface area contributed by atoms with Gasteiger partial charge in [-0.1, -0.05) is 22.0 Å². The normalized spacial score (nSPS) is 13.8. The van der Waals surface area contributed by atoms with Crippen molar-refractivity contribution < 1.29 is 14.8 Å². The molecular formula is C20H18Br2N8O4. The fourth-order valence-electron chi connectivity index (χ4n) is 3.04. The van der Waals surface area contributed by atoms with Crippen molar-refractivity contribution in [3.63, 3.8) is 0 Å². The van der Waals surface area contributed by atoms with Crippen LogP contribution in [0.15, 0.2) is 50.4 Å². The number of aromatic nitrogens is 3. The van der Waals surface area contributed by atoms with Crippen molar-refractivity contribution in [2.75, 3.05) is 41.9 Å². The van der Waals surface area contributed by atoms with Crippen LogP contribution in [-0.4, -0.2) is 57.5 Å². The van der Waals surface area contributed by atoms with E-state index in [-0.39, 0.29) is 27.4 Å². The highest BCUT2D eigenvalue weighted by molar-refractivity contribution is 9.10. The van der Waals surface area contributed by atoms with Gasteiger partial charge in [0.15, 0.2) is 0 Å². The quantitative estimate of drug-likeness (QED) is 0.208. The zero-order chi connectivity index (χ0) is 24.1. The molecule has 0 spiro atoms. The number of aromatic hydroxyl groups is 1. The van der Waals surface area contributed by atoms with Crippen molar-refractivity contribution in [2.45, 2.75) is 0 Å². The number of phenolic OH excluding ortho intramolecular Hbond substituents is 1. The molecule has 1 aliphatic heterocycles. The first-order valence-corrected chi connectivity index (χ1v) is 11.5. The number of phenols is 1. The third-order valence-corrected chi connectivity index (χ3v) is 5.75. The third-order valence-electron chi connectivity index (χ3n) is 4.65. The molecule has 176 valence electrons. The number of rotatable bonds is 7. The van der Waals surface area contributed by atoms with E-state index in [4.69, 9.17) is 4.74 Å². The summed E-state index contributed by atoms with van der Waals surface area (Å²) in [5.41, 5.74) is 3.43. The number of hydrogen-bond acceptors (Lipinski definition) is 11. The first kappa shape index (κ1) is 23.8. The number of morpholine rings is 1. The Hall–Kier alpha value is -3.36. The van der Waals surface area contributed by atoms with Crippen LogP contribution in [0.25, 0.3) is 0 Å². The molecule has 0 saturated carbocycles. The van der Waals surface area contributed by atoms with Crippen LogP contribution in [-0.2, 0) is 4.74 Å². The number of non-ortho nitro benzene ring substituents is 1. The zero-order valence-electron chi connectivity index (χ0n) is 17.5. The van der Waals surface area contributed by atoms with Crippen LogP contribution < -0.4 is 15.6 Å². The topological polar surface area (TPSA) is 151 Å². The van der Waals surface area contributed by atoms with Crippen molar-refractivity contribution >= 4 is 67.3 Å². The predicted octanol–water partition coefficient (Wildman–Crippen LogP) is 4.04. The molecule has 2 aromatic carbocycles. The molecule has 0 aliphatic carbocycles. The van der Waals surface area contributed by atoms with Gasteiger partial charge < -0.3 is 20.1 Å². The van der Waals surface area contributed by atoms with Crippen molar-refractivity contribution in [3.05, 3.63) is 61.0 Å². The van der Waals surface area contributed by atoms with Crippen LogP contribution in [0.3, 0.4) is 0 Å². The number of halogens is 2. The molecule has 0 atom stereocenters. The van der Waals surface area contributed by atoms with E-state index < -0.39 is 4.92 Å². The Morgan fingerprint density at radius 2 is 1.91 bits per heavy atom. The molecule has 1 aliphatic rings. The number of ether oxygens (including phenoxy) is 1. The molecule has 1 fully saturated rings. The molecule has 34 heavy (non-hydrogen) atoms. The first-order valence-electron chi connectivity index (χ1n) is 9.96. The Labute approximate surface area is 210 Å². The number of hydrazone groups is 1. The summed E-state index contributed by atoms with van der Waals surface area (Å²) in [6.45, 7) is 2.36. The number of nitrogens with one attached hydrogen (secondary N) is 2. The molecule has 4 rings (SSSR count). The monoisotopic (exact) mass is 592 g/mol. The van der Waals surface area contributed by atoms with E-state index >= 15 is 0 Å². The Bertz CT molecular complexity index is 1240. The van der Waals surface area contributed by atoms with Gasteiger partial charge in [-0.3, -0.25) is 10.1 Å². The van der Waals surface area contributed by atoms with Gasteiger partial charge in [0.2, 0.25) is 17.8 Å². The lowest BCUT2D eigenvalue weighted by molar-refractivity contribution is -0.385. The maximum atomic E-state index is 11.1. The second-order valence-electron chi connectivity index (χ2n) is 7.01. The molecule has 3 aromatic rings. The minimum absolute atomic E-state index is 0.142. The van der Waals surface area contributed by atoms with Crippen molar-refractivity contribution in [1.29, 1.82) is 0 Å². The average Bonchev–Trinajstić information content (AvgIpc) is 2.82. The van der Waals surface area contributed by atoms with E-state index in [2.05, 4.69) is 62.7 Å².